The zero-order chi connectivity index (χ0) is 21.5. The quantitative estimate of drug-likeness (QED) is 0.341. The van der Waals surface area contributed by atoms with Crippen molar-refractivity contribution in [2.75, 3.05) is 13.2 Å². The molecule has 5 nitrogen and oxygen atoms in total. The first-order valence-corrected chi connectivity index (χ1v) is 10.4. The molecule has 0 aromatic heterocycles. The van der Waals surface area contributed by atoms with Gasteiger partial charge in [-0.15, -0.1) is 0 Å². The molecule has 0 bridgehead atoms. The molecule has 0 aromatic carbocycles. The zero-order valence-electron chi connectivity index (χ0n) is 19.5. The van der Waals surface area contributed by atoms with Crippen LogP contribution in [0.1, 0.15) is 88.5 Å². The van der Waals surface area contributed by atoms with Crippen molar-refractivity contribution in [1.29, 1.82) is 0 Å². The molecule has 27 heavy (non-hydrogen) atoms. The summed E-state index contributed by atoms with van der Waals surface area (Å²) in [6.07, 6.45) is 2.35. The molecule has 0 rings (SSSR count). The van der Waals surface area contributed by atoms with Crippen LogP contribution in [0.2, 0.25) is 0 Å². The van der Waals surface area contributed by atoms with Crippen LogP contribution in [0.15, 0.2) is 0 Å². The fourth-order valence-corrected chi connectivity index (χ4v) is 2.48. The normalized spacial score (nSPS) is 17.3. The number of rotatable bonds is 12. The SMILES string of the molecule is CCCCC(C)(N)OCC(C)C(C)(C)C(C)(C)OC(=O)OCC(C)C(C)C. The second-order valence-electron chi connectivity index (χ2n) is 9.74. The predicted octanol–water partition coefficient (Wildman–Crippen LogP) is 5.75. The van der Waals surface area contributed by atoms with Crippen molar-refractivity contribution >= 4 is 6.16 Å². The van der Waals surface area contributed by atoms with E-state index in [1.165, 1.54) is 0 Å². The van der Waals surface area contributed by atoms with Gasteiger partial charge in [-0.1, -0.05) is 54.9 Å². The van der Waals surface area contributed by atoms with E-state index < -0.39 is 17.5 Å². The highest BCUT2D eigenvalue weighted by Crippen LogP contribution is 2.41. The Labute approximate surface area is 167 Å². The Morgan fingerprint density at radius 1 is 1.00 bits per heavy atom. The highest BCUT2D eigenvalue weighted by atomic mass is 16.7. The van der Waals surface area contributed by atoms with Crippen molar-refractivity contribution in [3.8, 4) is 0 Å². The lowest BCUT2D eigenvalue weighted by molar-refractivity contribution is -0.128. The summed E-state index contributed by atoms with van der Waals surface area (Å²) in [6.45, 7) is 21.4. The summed E-state index contributed by atoms with van der Waals surface area (Å²) in [7, 11) is 0. The van der Waals surface area contributed by atoms with Gasteiger partial charge in [0.1, 0.15) is 11.3 Å². The minimum absolute atomic E-state index is 0.138. The molecule has 0 fully saturated rings. The molecule has 0 aliphatic rings. The summed E-state index contributed by atoms with van der Waals surface area (Å²) in [5.41, 5.74) is 4.59. The van der Waals surface area contributed by atoms with Crippen LogP contribution in [0, 0.1) is 23.2 Å². The van der Waals surface area contributed by atoms with Gasteiger partial charge in [0.25, 0.3) is 0 Å². The number of carbonyl (C=O) groups excluding carboxylic acids is 1. The Balaban J connectivity index is 4.76. The molecule has 0 spiro atoms. The molecule has 0 saturated heterocycles. The predicted molar refractivity (Wildman–Crippen MR) is 112 cm³/mol. The van der Waals surface area contributed by atoms with Gasteiger partial charge in [0, 0.05) is 5.41 Å². The summed E-state index contributed by atoms with van der Waals surface area (Å²) in [6, 6.07) is 0. The average Bonchev–Trinajstić information content (AvgIpc) is 2.54. The molecule has 0 saturated carbocycles. The van der Waals surface area contributed by atoms with Gasteiger partial charge in [-0.05, 0) is 51.4 Å². The van der Waals surface area contributed by atoms with Crippen molar-refractivity contribution in [3.05, 3.63) is 0 Å². The van der Waals surface area contributed by atoms with Crippen LogP contribution in [0.25, 0.3) is 0 Å². The summed E-state index contributed by atoms with van der Waals surface area (Å²) >= 11 is 0. The van der Waals surface area contributed by atoms with E-state index in [0.29, 0.717) is 25.0 Å². The molecule has 0 heterocycles. The maximum atomic E-state index is 12.2. The number of hydrogen-bond donors (Lipinski definition) is 1. The first-order chi connectivity index (χ1) is 12.2. The van der Waals surface area contributed by atoms with Crippen LogP contribution in [-0.4, -0.2) is 30.7 Å². The van der Waals surface area contributed by atoms with Crippen molar-refractivity contribution in [2.24, 2.45) is 28.9 Å². The van der Waals surface area contributed by atoms with Gasteiger partial charge in [-0.25, -0.2) is 4.79 Å². The third-order valence-electron chi connectivity index (χ3n) is 6.41. The fourth-order valence-electron chi connectivity index (χ4n) is 2.48. The monoisotopic (exact) mass is 387 g/mol. The van der Waals surface area contributed by atoms with E-state index in [4.69, 9.17) is 19.9 Å². The molecule has 3 atom stereocenters. The first kappa shape index (κ1) is 26.2. The Bertz CT molecular complexity index is 444. The topological polar surface area (TPSA) is 70.8 Å². The molecule has 0 aromatic rings. The number of carbonyl (C=O) groups is 1. The lowest BCUT2D eigenvalue weighted by Crippen LogP contribution is -2.50. The number of nitrogens with two attached hydrogens (primary N) is 1. The van der Waals surface area contributed by atoms with E-state index in [1.54, 1.807) is 0 Å². The molecule has 2 N–H and O–H groups in total. The summed E-state index contributed by atoms with van der Waals surface area (Å²) in [4.78, 5) is 12.2. The van der Waals surface area contributed by atoms with E-state index in [0.717, 1.165) is 19.3 Å². The molecule has 3 unspecified atom stereocenters. The van der Waals surface area contributed by atoms with Crippen LogP contribution >= 0.6 is 0 Å². The van der Waals surface area contributed by atoms with Crippen LogP contribution in [0.5, 0.6) is 0 Å². The van der Waals surface area contributed by atoms with E-state index in [-0.39, 0.29) is 11.3 Å². The molecular formula is C22H45NO4. The standard InChI is InChI=1S/C22H45NO4/c1-11-12-13-22(10,23)26-15-18(5)20(6,7)21(8,9)27-19(24)25-14-17(4)16(2)3/h16-18H,11-15,23H2,1-10H3. The highest BCUT2D eigenvalue weighted by Gasteiger charge is 2.45. The van der Waals surface area contributed by atoms with Gasteiger partial charge in [0.2, 0.25) is 0 Å². The number of hydrogen-bond acceptors (Lipinski definition) is 5. The molecule has 0 aliphatic carbocycles. The van der Waals surface area contributed by atoms with Crippen molar-refractivity contribution < 1.29 is 19.0 Å². The van der Waals surface area contributed by atoms with Gasteiger partial charge in [0.15, 0.2) is 0 Å². The smallest absolute Gasteiger partial charge is 0.434 e. The van der Waals surface area contributed by atoms with Crippen molar-refractivity contribution in [3.63, 3.8) is 0 Å². The number of ether oxygens (including phenoxy) is 3. The third kappa shape index (κ3) is 8.82. The summed E-state index contributed by atoms with van der Waals surface area (Å²) < 4.78 is 17.0. The maximum Gasteiger partial charge on any atom is 0.508 e. The van der Waals surface area contributed by atoms with E-state index in [9.17, 15) is 4.79 Å². The minimum Gasteiger partial charge on any atom is -0.434 e. The van der Waals surface area contributed by atoms with E-state index in [2.05, 4.69) is 48.5 Å². The zero-order valence-corrected chi connectivity index (χ0v) is 19.5. The summed E-state index contributed by atoms with van der Waals surface area (Å²) in [5, 5.41) is 0. The van der Waals surface area contributed by atoms with Gasteiger partial charge >= 0.3 is 6.16 Å². The molecule has 5 heteroatoms. The molecule has 0 radical (unpaired) electrons. The first-order valence-electron chi connectivity index (χ1n) is 10.4. The fraction of sp³-hybridized carbons (Fsp3) is 0.955. The lowest BCUT2D eigenvalue weighted by Gasteiger charge is -2.45. The second kappa shape index (κ2) is 10.7. The number of unbranched alkanes of at least 4 members (excludes halogenated alkanes) is 1. The van der Waals surface area contributed by atoms with Gasteiger partial charge in [-0.3, -0.25) is 0 Å². The third-order valence-corrected chi connectivity index (χ3v) is 6.41. The Morgan fingerprint density at radius 3 is 2.04 bits per heavy atom. The van der Waals surface area contributed by atoms with Gasteiger partial charge in [-0.2, -0.15) is 0 Å². The van der Waals surface area contributed by atoms with Crippen LogP contribution < -0.4 is 5.73 Å². The minimum atomic E-state index is -0.706. The van der Waals surface area contributed by atoms with Gasteiger partial charge < -0.3 is 19.9 Å². The molecule has 0 aliphatic heterocycles. The Hall–Kier alpha value is -0.810. The van der Waals surface area contributed by atoms with E-state index in [1.807, 2.05) is 20.8 Å². The lowest BCUT2D eigenvalue weighted by atomic mass is 9.68. The Morgan fingerprint density at radius 2 is 1.56 bits per heavy atom. The highest BCUT2D eigenvalue weighted by molar-refractivity contribution is 5.60. The van der Waals surface area contributed by atoms with E-state index >= 15 is 0 Å². The Kier molecular flexibility index (Phi) is 10.3. The van der Waals surface area contributed by atoms with Crippen LogP contribution in [-0.2, 0) is 14.2 Å². The molecule has 162 valence electrons. The van der Waals surface area contributed by atoms with Crippen molar-refractivity contribution in [2.45, 2.75) is 99.8 Å². The second-order valence-corrected chi connectivity index (χ2v) is 9.74. The largest absolute Gasteiger partial charge is 0.508 e. The molecular weight excluding hydrogens is 342 g/mol. The maximum absolute atomic E-state index is 12.2. The van der Waals surface area contributed by atoms with Gasteiger partial charge in [0.05, 0.1) is 13.2 Å². The average molecular weight is 388 g/mol. The van der Waals surface area contributed by atoms with Crippen molar-refractivity contribution in [1.82, 2.24) is 0 Å². The van der Waals surface area contributed by atoms with Crippen LogP contribution in [0.3, 0.4) is 0 Å². The van der Waals surface area contributed by atoms with Crippen LogP contribution in [0.4, 0.5) is 4.79 Å². The molecule has 0 amide bonds. The summed E-state index contributed by atoms with van der Waals surface area (Å²) in [5.74, 6) is 0.892.